The van der Waals surface area contributed by atoms with Crippen LogP contribution in [0.25, 0.3) is 0 Å². The van der Waals surface area contributed by atoms with Crippen molar-refractivity contribution in [3.05, 3.63) is 90.5 Å². The highest BCUT2D eigenvalue weighted by Crippen LogP contribution is 2.20. The number of hydrogen-bond acceptors (Lipinski definition) is 4. The fourth-order valence-electron chi connectivity index (χ4n) is 2.34. The van der Waals surface area contributed by atoms with Gasteiger partial charge in [-0.15, -0.1) is 0 Å². The SMILES string of the molecule is NN(C(=O)Nc1ccc(F)cc1)N(C(=O)Oc1ccccc1)c1ccc(F)cc1. The summed E-state index contributed by atoms with van der Waals surface area (Å²) < 4.78 is 31.6. The Hall–Kier alpha value is -3.98. The molecule has 29 heavy (non-hydrogen) atoms. The first-order valence-electron chi connectivity index (χ1n) is 8.38. The number of urea groups is 1. The number of hydrogen-bond donors (Lipinski definition) is 2. The van der Waals surface area contributed by atoms with Crippen molar-refractivity contribution in [2.24, 2.45) is 5.84 Å². The molecule has 0 fully saturated rings. The van der Waals surface area contributed by atoms with Gasteiger partial charge < -0.3 is 10.1 Å². The van der Waals surface area contributed by atoms with Crippen LogP contribution < -0.4 is 20.9 Å². The van der Waals surface area contributed by atoms with Gasteiger partial charge in [0.1, 0.15) is 17.4 Å². The molecule has 0 radical (unpaired) electrons. The Kier molecular flexibility index (Phi) is 6.00. The first-order valence-corrected chi connectivity index (χ1v) is 8.38. The zero-order valence-electron chi connectivity index (χ0n) is 15.0. The number of benzene rings is 3. The Bertz CT molecular complexity index is 983. The maximum Gasteiger partial charge on any atom is 0.440 e. The van der Waals surface area contributed by atoms with Crippen molar-refractivity contribution in [1.29, 1.82) is 0 Å². The summed E-state index contributed by atoms with van der Waals surface area (Å²) in [4.78, 5) is 25.2. The molecule has 0 aliphatic heterocycles. The van der Waals surface area contributed by atoms with E-state index in [2.05, 4.69) is 5.32 Å². The molecule has 0 aromatic heterocycles. The lowest BCUT2D eigenvalue weighted by Gasteiger charge is -2.29. The van der Waals surface area contributed by atoms with E-state index in [1.807, 2.05) is 0 Å². The third kappa shape index (κ3) is 5.05. The van der Waals surface area contributed by atoms with Gasteiger partial charge in [0.15, 0.2) is 0 Å². The molecule has 0 atom stereocenters. The molecule has 0 spiro atoms. The van der Waals surface area contributed by atoms with Crippen LogP contribution in [0.5, 0.6) is 5.75 Å². The van der Waals surface area contributed by atoms with Gasteiger partial charge in [0, 0.05) is 5.69 Å². The molecule has 9 heteroatoms. The van der Waals surface area contributed by atoms with Crippen molar-refractivity contribution >= 4 is 23.5 Å². The molecule has 3 aromatic rings. The van der Waals surface area contributed by atoms with E-state index in [0.717, 1.165) is 29.3 Å². The molecular formula is C20H16F2N4O3. The number of carbonyl (C=O) groups is 2. The van der Waals surface area contributed by atoms with Crippen LogP contribution in [0, 0.1) is 11.6 Å². The third-order valence-corrected chi connectivity index (χ3v) is 3.71. The second-order valence-electron chi connectivity index (χ2n) is 5.75. The lowest BCUT2D eigenvalue weighted by molar-refractivity contribution is 0.175. The minimum atomic E-state index is -1.00. The van der Waals surface area contributed by atoms with Gasteiger partial charge in [-0.2, -0.15) is 10.1 Å². The van der Waals surface area contributed by atoms with Gasteiger partial charge in [0.05, 0.1) is 5.69 Å². The van der Waals surface area contributed by atoms with Crippen LogP contribution in [0.1, 0.15) is 0 Å². The molecule has 3 rings (SSSR count). The molecule has 0 aliphatic rings. The largest absolute Gasteiger partial charge is 0.440 e. The highest BCUT2D eigenvalue weighted by Gasteiger charge is 2.28. The van der Waals surface area contributed by atoms with Gasteiger partial charge in [0.2, 0.25) is 0 Å². The summed E-state index contributed by atoms with van der Waals surface area (Å²) in [5, 5.41) is 3.62. The smallest absolute Gasteiger partial charge is 0.409 e. The molecule has 0 aliphatic carbocycles. The fourth-order valence-corrected chi connectivity index (χ4v) is 2.34. The Labute approximate surface area is 164 Å². The number of halogens is 2. The minimum absolute atomic E-state index is 0.0871. The number of nitrogens with one attached hydrogen (secondary N) is 1. The van der Waals surface area contributed by atoms with Crippen LogP contribution in [0.3, 0.4) is 0 Å². The van der Waals surface area contributed by atoms with E-state index in [1.165, 1.54) is 24.3 Å². The normalized spacial score (nSPS) is 10.2. The van der Waals surface area contributed by atoms with E-state index in [0.29, 0.717) is 5.12 Å². The van der Waals surface area contributed by atoms with E-state index in [4.69, 9.17) is 10.6 Å². The third-order valence-electron chi connectivity index (χ3n) is 3.71. The minimum Gasteiger partial charge on any atom is -0.409 e. The average molecular weight is 398 g/mol. The second kappa shape index (κ2) is 8.81. The lowest BCUT2D eigenvalue weighted by atomic mass is 10.3. The summed E-state index contributed by atoms with van der Waals surface area (Å²) in [7, 11) is 0. The number of carbonyl (C=O) groups excluding carboxylic acids is 2. The predicted octanol–water partition coefficient (Wildman–Crippen LogP) is 4.29. The second-order valence-corrected chi connectivity index (χ2v) is 5.75. The van der Waals surface area contributed by atoms with Crippen molar-refractivity contribution in [3.63, 3.8) is 0 Å². The summed E-state index contributed by atoms with van der Waals surface area (Å²) in [5.74, 6) is 5.04. The maximum absolute atomic E-state index is 13.3. The Balaban J connectivity index is 1.84. The number of nitrogens with zero attached hydrogens (tertiary/aromatic N) is 2. The van der Waals surface area contributed by atoms with Crippen molar-refractivity contribution < 1.29 is 23.1 Å². The van der Waals surface area contributed by atoms with Crippen LogP contribution in [-0.2, 0) is 0 Å². The van der Waals surface area contributed by atoms with Gasteiger partial charge in [-0.25, -0.2) is 24.2 Å². The number of rotatable bonds is 3. The van der Waals surface area contributed by atoms with E-state index >= 15 is 0 Å². The molecule has 3 N–H and O–H groups in total. The zero-order chi connectivity index (χ0) is 20.8. The quantitative estimate of drug-likeness (QED) is 0.391. The van der Waals surface area contributed by atoms with Gasteiger partial charge in [-0.3, -0.25) is 0 Å². The summed E-state index contributed by atoms with van der Waals surface area (Å²) >= 11 is 0. The van der Waals surface area contributed by atoms with E-state index < -0.39 is 23.8 Å². The van der Waals surface area contributed by atoms with Gasteiger partial charge in [0.25, 0.3) is 0 Å². The Morgan fingerprint density at radius 3 is 1.97 bits per heavy atom. The Morgan fingerprint density at radius 1 is 0.828 bits per heavy atom. The van der Waals surface area contributed by atoms with Crippen molar-refractivity contribution in [1.82, 2.24) is 5.12 Å². The van der Waals surface area contributed by atoms with Crippen LogP contribution >= 0.6 is 0 Å². The fraction of sp³-hybridized carbons (Fsp3) is 0. The molecule has 0 heterocycles. The molecule has 0 bridgehead atoms. The molecular weight excluding hydrogens is 382 g/mol. The topological polar surface area (TPSA) is 87.9 Å². The van der Waals surface area contributed by atoms with E-state index in [-0.39, 0.29) is 17.1 Å². The lowest BCUT2D eigenvalue weighted by Crippen LogP contribution is -2.56. The number of amides is 3. The number of para-hydroxylation sites is 1. The van der Waals surface area contributed by atoms with Gasteiger partial charge in [-0.1, -0.05) is 18.2 Å². The van der Waals surface area contributed by atoms with Crippen molar-refractivity contribution in [3.8, 4) is 5.75 Å². The maximum atomic E-state index is 13.3. The first kappa shape index (κ1) is 19.8. The molecule has 3 aromatic carbocycles. The van der Waals surface area contributed by atoms with Crippen molar-refractivity contribution in [2.75, 3.05) is 10.3 Å². The van der Waals surface area contributed by atoms with Crippen LogP contribution in [-0.4, -0.2) is 17.2 Å². The van der Waals surface area contributed by atoms with Crippen molar-refractivity contribution in [2.45, 2.75) is 0 Å². The standard InChI is InChI=1S/C20H16F2N4O3/c21-14-6-10-16(11-7-14)24-19(27)26(23)25(17-12-8-15(22)9-13-17)20(28)29-18-4-2-1-3-5-18/h1-13H,23H2,(H,24,27). The summed E-state index contributed by atoms with van der Waals surface area (Å²) in [6, 6.07) is 16.9. The molecule has 7 nitrogen and oxygen atoms in total. The average Bonchev–Trinajstić information content (AvgIpc) is 2.72. The van der Waals surface area contributed by atoms with Gasteiger partial charge >= 0.3 is 12.1 Å². The highest BCUT2D eigenvalue weighted by molar-refractivity contribution is 5.96. The highest BCUT2D eigenvalue weighted by atomic mass is 19.1. The molecule has 3 amide bonds. The molecule has 0 saturated carbocycles. The predicted molar refractivity (Wildman–Crippen MR) is 103 cm³/mol. The van der Waals surface area contributed by atoms with E-state index in [1.54, 1.807) is 30.3 Å². The van der Waals surface area contributed by atoms with Crippen LogP contribution in [0.4, 0.5) is 29.7 Å². The molecule has 0 saturated heterocycles. The summed E-state index contributed by atoms with van der Waals surface area (Å²) in [5.41, 5.74) is 0.339. The number of ether oxygens (including phenoxy) is 1. The van der Waals surface area contributed by atoms with E-state index in [9.17, 15) is 18.4 Å². The van der Waals surface area contributed by atoms with Crippen LogP contribution in [0.2, 0.25) is 0 Å². The molecule has 148 valence electrons. The first-order chi connectivity index (χ1) is 13.9. The monoisotopic (exact) mass is 398 g/mol. The molecule has 0 unspecified atom stereocenters. The van der Waals surface area contributed by atoms with Gasteiger partial charge in [-0.05, 0) is 60.7 Å². The summed E-state index contributed by atoms with van der Waals surface area (Å²) in [6.45, 7) is 0. The van der Waals surface area contributed by atoms with Crippen LogP contribution in [0.15, 0.2) is 78.9 Å². The summed E-state index contributed by atoms with van der Waals surface area (Å²) in [6.07, 6.45) is -1.00. The number of hydrazine groups is 2. The zero-order valence-corrected chi connectivity index (χ0v) is 15.0. The number of nitrogens with two attached hydrogens (primary N) is 1. The number of anilines is 2. The Morgan fingerprint density at radius 2 is 1.38 bits per heavy atom.